The van der Waals surface area contributed by atoms with Crippen LogP contribution in [-0.2, 0) is 17.7 Å². The number of carbonyl (C=O) groups is 1. The summed E-state index contributed by atoms with van der Waals surface area (Å²) in [6.45, 7) is 7.68. The molecule has 0 atom stereocenters. The van der Waals surface area contributed by atoms with Gasteiger partial charge in [0.1, 0.15) is 16.2 Å². The molecular weight excluding hydrogens is 425 g/mol. The van der Waals surface area contributed by atoms with Crippen LogP contribution in [-0.4, -0.2) is 33.2 Å². The van der Waals surface area contributed by atoms with Crippen LogP contribution in [0.25, 0.3) is 15.9 Å². The average Bonchev–Trinajstić information content (AvgIpc) is 2.97. The van der Waals surface area contributed by atoms with Gasteiger partial charge >= 0.3 is 6.09 Å². The Hall–Kier alpha value is -2.52. The number of rotatable bonds is 4. The molecule has 2 heterocycles. The lowest BCUT2D eigenvalue weighted by atomic mass is 10.1. The van der Waals surface area contributed by atoms with E-state index in [2.05, 4.69) is 4.98 Å². The molecule has 1 aromatic carbocycles. The Kier molecular flexibility index (Phi) is 6.14. The van der Waals surface area contributed by atoms with Crippen molar-refractivity contribution in [3.05, 3.63) is 55.6 Å². The van der Waals surface area contributed by atoms with Crippen molar-refractivity contribution in [2.45, 2.75) is 46.3 Å². The van der Waals surface area contributed by atoms with Gasteiger partial charge in [0.05, 0.1) is 17.6 Å². The Morgan fingerprint density at radius 2 is 2.07 bits per heavy atom. The molecule has 3 rings (SSSR count). The normalized spacial score (nSPS) is 11.7. The van der Waals surface area contributed by atoms with Gasteiger partial charge in [0.15, 0.2) is 4.77 Å². The molecule has 0 spiro atoms. The first-order valence-electron chi connectivity index (χ1n) is 9.51. The third-order valence-corrected chi connectivity index (χ3v) is 5.85. The highest BCUT2D eigenvalue weighted by Crippen LogP contribution is 2.30. The summed E-state index contributed by atoms with van der Waals surface area (Å²) >= 11 is 6.77. The molecule has 0 saturated carbocycles. The molecular formula is C21H24FN3O3S2. The number of nitrogens with zero attached hydrogens (tertiary/aromatic N) is 2. The zero-order valence-corrected chi connectivity index (χ0v) is 19.2. The van der Waals surface area contributed by atoms with Gasteiger partial charge in [0.25, 0.3) is 5.56 Å². The average molecular weight is 450 g/mol. The van der Waals surface area contributed by atoms with E-state index in [0.29, 0.717) is 28.9 Å². The third-order valence-electron chi connectivity index (χ3n) is 4.44. The fourth-order valence-electron chi connectivity index (χ4n) is 3.15. The van der Waals surface area contributed by atoms with E-state index in [9.17, 15) is 14.0 Å². The molecule has 30 heavy (non-hydrogen) atoms. The SMILES string of the molecule is CCc1c(CN(C)C(=O)OC(C)(C)C)sc2[nH]c(=S)n(-c3cccc(F)c3)c(=O)c12. The number of carbonyl (C=O) groups excluding carboxylic acids is 1. The summed E-state index contributed by atoms with van der Waals surface area (Å²) in [7, 11) is 1.66. The molecule has 0 aliphatic heterocycles. The van der Waals surface area contributed by atoms with Crippen molar-refractivity contribution in [2.24, 2.45) is 0 Å². The molecule has 0 aliphatic rings. The topological polar surface area (TPSA) is 67.3 Å². The zero-order chi connectivity index (χ0) is 22.2. The van der Waals surface area contributed by atoms with Gasteiger partial charge in [-0.15, -0.1) is 11.3 Å². The largest absolute Gasteiger partial charge is 0.444 e. The van der Waals surface area contributed by atoms with E-state index < -0.39 is 17.5 Å². The number of hydrogen-bond donors (Lipinski definition) is 1. The Morgan fingerprint density at radius 1 is 1.37 bits per heavy atom. The summed E-state index contributed by atoms with van der Waals surface area (Å²) in [5.41, 5.74) is 0.303. The number of halogens is 1. The first kappa shape index (κ1) is 22.2. The van der Waals surface area contributed by atoms with Gasteiger partial charge in [-0.1, -0.05) is 13.0 Å². The van der Waals surface area contributed by atoms with Gasteiger partial charge < -0.3 is 14.6 Å². The van der Waals surface area contributed by atoms with Crippen molar-refractivity contribution < 1.29 is 13.9 Å². The number of thiophene rings is 1. The minimum atomic E-state index is -0.594. The molecule has 160 valence electrons. The number of aromatic nitrogens is 2. The van der Waals surface area contributed by atoms with Gasteiger partial charge in [-0.3, -0.25) is 9.36 Å². The number of fused-ring (bicyclic) bond motifs is 1. The second kappa shape index (κ2) is 8.31. The van der Waals surface area contributed by atoms with Gasteiger partial charge in [-0.25, -0.2) is 9.18 Å². The number of nitrogens with one attached hydrogen (secondary N) is 1. The molecule has 9 heteroatoms. The smallest absolute Gasteiger partial charge is 0.410 e. The van der Waals surface area contributed by atoms with Crippen LogP contribution in [0.4, 0.5) is 9.18 Å². The molecule has 1 N–H and O–H groups in total. The minimum absolute atomic E-state index is 0.189. The maximum atomic E-state index is 13.7. The lowest BCUT2D eigenvalue weighted by molar-refractivity contribution is 0.0286. The van der Waals surface area contributed by atoms with Gasteiger partial charge in [0.2, 0.25) is 0 Å². The molecule has 0 bridgehead atoms. The number of hydrogen-bond acceptors (Lipinski definition) is 5. The lowest BCUT2D eigenvalue weighted by Gasteiger charge is -2.24. The van der Waals surface area contributed by atoms with E-state index in [1.54, 1.807) is 13.1 Å². The summed E-state index contributed by atoms with van der Waals surface area (Å²) in [4.78, 5) is 31.8. The van der Waals surface area contributed by atoms with Crippen molar-refractivity contribution in [1.29, 1.82) is 0 Å². The maximum Gasteiger partial charge on any atom is 0.410 e. The Labute approximate surface area is 182 Å². The quantitative estimate of drug-likeness (QED) is 0.558. The van der Waals surface area contributed by atoms with Crippen molar-refractivity contribution in [2.75, 3.05) is 7.05 Å². The summed E-state index contributed by atoms with van der Waals surface area (Å²) in [5, 5.41) is 0.507. The summed E-state index contributed by atoms with van der Waals surface area (Å²) in [5.74, 6) is -0.449. The van der Waals surface area contributed by atoms with Crippen molar-refractivity contribution in [3.8, 4) is 5.69 Å². The maximum absolute atomic E-state index is 13.7. The van der Waals surface area contributed by atoms with Gasteiger partial charge in [-0.05, 0) is 63.2 Å². The molecule has 0 aliphatic carbocycles. The van der Waals surface area contributed by atoms with Crippen LogP contribution >= 0.6 is 23.6 Å². The molecule has 0 radical (unpaired) electrons. The van der Waals surface area contributed by atoms with Crippen LogP contribution in [0.5, 0.6) is 0 Å². The van der Waals surface area contributed by atoms with E-state index in [-0.39, 0.29) is 10.3 Å². The van der Waals surface area contributed by atoms with Crippen LogP contribution in [0.2, 0.25) is 0 Å². The van der Waals surface area contributed by atoms with Crippen LogP contribution < -0.4 is 5.56 Å². The highest BCUT2D eigenvalue weighted by atomic mass is 32.1. The number of benzene rings is 1. The number of amides is 1. The van der Waals surface area contributed by atoms with Gasteiger partial charge in [-0.2, -0.15) is 0 Å². The summed E-state index contributed by atoms with van der Waals surface area (Å²) in [6.07, 6.45) is 0.160. The Morgan fingerprint density at radius 3 is 2.67 bits per heavy atom. The van der Waals surface area contributed by atoms with E-state index in [1.807, 2.05) is 27.7 Å². The van der Waals surface area contributed by atoms with Crippen molar-refractivity contribution in [3.63, 3.8) is 0 Å². The molecule has 0 saturated heterocycles. The molecule has 6 nitrogen and oxygen atoms in total. The first-order chi connectivity index (χ1) is 14.0. The predicted octanol–water partition coefficient (Wildman–Crippen LogP) is 5.18. The third kappa shape index (κ3) is 4.46. The second-order valence-corrected chi connectivity index (χ2v) is 9.44. The molecule has 1 amide bonds. The fraction of sp³-hybridized carbons (Fsp3) is 0.381. The van der Waals surface area contributed by atoms with Crippen LogP contribution in [0.15, 0.2) is 29.1 Å². The Bertz CT molecular complexity index is 1220. The Balaban J connectivity index is 2.09. The van der Waals surface area contributed by atoms with Crippen LogP contribution in [0.3, 0.4) is 0 Å². The lowest BCUT2D eigenvalue weighted by Crippen LogP contribution is -2.33. The minimum Gasteiger partial charge on any atom is -0.444 e. The van der Waals surface area contributed by atoms with E-state index in [4.69, 9.17) is 17.0 Å². The molecule has 3 aromatic rings. The van der Waals surface area contributed by atoms with Crippen LogP contribution in [0.1, 0.15) is 38.1 Å². The van der Waals surface area contributed by atoms with E-state index in [0.717, 1.165) is 10.4 Å². The van der Waals surface area contributed by atoms with E-state index >= 15 is 0 Å². The zero-order valence-electron chi connectivity index (χ0n) is 17.5. The monoisotopic (exact) mass is 449 g/mol. The molecule has 0 fully saturated rings. The van der Waals surface area contributed by atoms with Gasteiger partial charge in [0, 0.05) is 11.9 Å². The predicted molar refractivity (Wildman–Crippen MR) is 120 cm³/mol. The second-order valence-electron chi connectivity index (χ2n) is 7.95. The summed E-state index contributed by atoms with van der Waals surface area (Å²) in [6, 6.07) is 5.75. The number of aromatic amines is 1. The highest BCUT2D eigenvalue weighted by Gasteiger charge is 2.23. The highest BCUT2D eigenvalue weighted by molar-refractivity contribution is 7.71. The molecule has 2 aromatic heterocycles. The number of ether oxygens (including phenoxy) is 1. The van der Waals surface area contributed by atoms with E-state index in [1.165, 1.54) is 39.0 Å². The number of aryl methyl sites for hydroxylation is 1. The fourth-order valence-corrected chi connectivity index (χ4v) is 4.84. The van der Waals surface area contributed by atoms with Crippen molar-refractivity contribution >= 4 is 39.9 Å². The van der Waals surface area contributed by atoms with Crippen LogP contribution in [0, 0.1) is 10.6 Å². The standard InChI is InChI=1S/C21H24FN3O3S2/c1-6-14-15(11-24(5)20(27)28-21(2,3)4)30-17-16(14)18(26)25(19(29)23-17)13-9-7-8-12(22)10-13/h7-10H,6,11H2,1-5H3,(H,23,29). The summed E-state index contributed by atoms with van der Waals surface area (Å²) < 4.78 is 20.6. The number of H-pyrrole nitrogens is 1. The molecule has 0 unspecified atom stereocenters. The van der Waals surface area contributed by atoms with Crippen molar-refractivity contribution in [1.82, 2.24) is 14.5 Å². The first-order valence-corrected chi connectivity index (χ1v) is 10.7.